The van der Waals surface area contributed by atoms with Crippen molar-refractivity contribution >= 4 is 0 Å². The van der Waals surface area contributed by atoms with Gasteiger partial charge in [-0.05, 0) is 0 Å². The number of hydrogen-bond acceptors (Lipinski definition) is 2. The molecule has 3 heteroatoms. The molecule has 1 aromatic rings. The summed E-state index contributed by atoms with van der Waals surface area (Å²) in [4.78, 5) is 2.87. The SMILES string of the molecule is C=C1COc2c[nH]cc2O1. The molecule has 1 aromatic heterocycles. The van der Waals surface area contributed by atoms with E-state index in [0.29, 0.717) is 12.4 Å². The normalized spacial score (nSPS) is 15.4. The van der Waals surface area contributed by atoms with Gasteiger partial charge in [0.2, 0.25) is 0 Å². The van der Waals surface area contributed by atoms with E-state index in [1.165, 1.54) is 0 Å². The van der Waals surface area contributed by atoms with Crippen molar-refractivity contribution in [2.45, 2.75) is 0 Å². The molecular formula is C7H7NO2. The Morgan fingerprint density at radius 1 is 1.40 bits per heavy atom. The van der Waals surface area contributed by atoms with Gasteiger partial charge in [0, 0.05) is 12.4 Å². The Morgan fingerprint density at radius 2 is 2.20 bits per heavy atom. The first-order chi connectivity index (χ1) is 4.86. The molecule has 0 fully saturated rings. The van der Waals surface area contributed by atoms with Gasteiger partial charge in [-0.2, -0.15) is 0 Å². The van der Waals surface area contributed by atoms with Gasteiger partial charge >= 0.3 is 0 Å². The fourth-order valence-electron chi connectivity index (χ4n) is 0.871. The number of aromatic nitrogens is 1. The van der Waals surface area contributed by atoms with Crippen LogP contribution in [0.4, 0.5) is 0 Å². The number of H-pyrrole nitrogens is 1. The second-order valence-corrected chi connectivity index (χ2v) is 2.11. The molecule has 52 valence electrons. The topological polar surface area (TPSA) is 34.2 Å². The average Bonchev–Trinajstić information content (AvgIpc) is 2.33. The van der Waals surface area contributed by atoms with Crippen LogP contribution >= 0.6 is 0 Å². The van der Waals surface area contributed by atoms with Gasteiger partial charge in [-0.25, -0.2) is 0 Å². The van der Waals surface area contributed by atoms with Gasteiger partial charge in [-0.1, -0.05) is 6.58 Å². The predicted octanol–water partition coefficient (Wildman–Crippen LogP) is 1.30. The standard InChI is InChI=1S/C7H7NO2/c1-5-4-9-6-2-8-3-7(6)10-5/h2-3,8H,1,4H2. The van der Waals surface area contributed by atoms with Gasteiger partial charge < -0.3 is 14.5 Å². The van der Waals surface area contributed by atoms with Crippen LogP contribution in [-0.4, -0.2) is 11.6 Å². The third kappa shape index (κ3) is 0.673. The molecule has 1 N–H and O–H groups in total. The van der Waals surface area contributed by atoms with Crippen LogP contribution in [0.15, 0.2) is 24.7 Å². The average molecular weight is 137 g/mol. The summed E-state index contributed by atoms with van der Waals surface area (Å²) in [6.45, 7) is 4.08. The first kappa shape index (κ1) is 5.41. The molecule has 0 spiro atoms. The third-order valence-electron chi connectivity index (χ3n) is 1.31. The van der Waals surface area contributed by atoms with E-state index in [2.05, 4.69) is 11.6 Å². The molecule has 0 aliphatic carbocycles. The predicted molar refractivity (Wildman–Crippen MR) is 36.1 cm³/mol. The van der Waals surface area contributed by atoms with Crippen LogP contribution in [0, 0.1) is 0 Å². The second-order valence-electron chi connectivity index (χ2n) is 2.11. The van der Waals surface area contributed by atoms with Gasteiger partial charge in [0.05, 0.1) is 0 Å². The Morgan fingerprint density at radius 3 is 3.10 bits per heavy atom. The van der Waals surface area contributed by atoms with Crippen LogP contribution in [0.5, 0.6) is 11.5 Å². The van der Waals surface area contributed by atoms with Crippen molar-refractivity contribution in [3.63, 3.8) is 0 Å². The van der Waals surface area contributed by atoms with Gasteiger partial charge in [0.15, 0.2) is 11.5 Å². The Hall–Kier alpha value is -1.38. The number of hydrogen-bond donors (Lipinski definition) is 1. The zero-order chi connectivity index (χ0) is 6.97. The zero-order valence-electron chi connectivity index (χ0n) is 5.39. The molecule has 0 unspecified atom stereocenters. The van der Waals surface area contributed by atoms with Crippen LogP contribution in [0.3, 0.4) is 0 Å². The number of aromatic amines is 1. The van der Waals surface area contributed by atoms with Crippen molar-refractivity contribution in [2.75, 3.05) is 6.61 Å². The first-order valence-electron chi connectivity index (χ1n) is 3.01. The minimum atomic E-state index is 0.449. The number of nitrogens with one attached hydrogen (secondary N) is 1. The molecule has 0 amide bonds. The second kappa shape index (κ2) is 1.80. The molecule has 1 aliphatic rings. The minimum absolute atomic E-state index is 0.449. The summed E-state index contributed by atoms with van der Waals surface area (Å²) in [5, 5.41) is 0. The van der Waals surface area contributed by atoms with E-state index in [-0.39, 0.29) is 0 Å². The summed E-state index contributed by atoms with van der Waals surface area (Å²) in [6.07, 6.45) is 3.49. The molecule has 2 heterocycles. The molecule has 0 atom stereocenters. The van der Waals surface area contributed by atoms with Crippen LogP contribution < -0.4 is 9.47 Å². The summed E-state index contributed by atoms with van der Waals surface area (Å²) < 4.78 is 10.4. The molecular weight excluding hydrogens is 130 g/mol. The highest BCUT2D eigenvalue weighted by Crippen LogP contribution is 2.31. The highest BCUT2D eigenvalue weighted by molar-refractivity contribution is 5.39. The molecule has 2 rings (SSSR count). The molecule has 0 aromatic carbocycles. The number of rotatable bonds is 0. The summed E-state index contributed by atoms with van der Waals surface area (Å²) in [5.41, 5.74) is 0. The van der Waals surface area contributed by atoms with E-state index in [1.807, 2.05) is 0 Å². The molecule has 0 saturated heterocycles. The van der Waals surface area contributed by atoms with Crippen LogP contribution in [0.2, 0.25) is 0 Å². The maximum atomic E-state index is 5.22. The maximum Gasteiger partial charge on any atom is 0.186 e. The van der Waals surface area contributed by atoms with E-state index in [0.717, 1.165) is 11.5 Å². The van der Waals surface area contributed by atoms with Crippen molar-refractivity contribution in [2.24, 2.45) is 0 Å². The molecule has 3 nitrogen and oxygen atoms in total. The smallest absolute Gasteiger partial charge is 0.186 e. The molecule has 0 saturated carbocycles. The highest BCUT2D eigenvalue weighted by Gasteiger charge is 2.13. The summed E-state index contributed by atoms with van der Waals surface area (Å²) >= 11 is 0. The molecule has 1 aliphatic heterocycles. The lowest BCUT2D eigenvalue weighted by atomic mass is 10.4. The highest BCUT2D eigenvalue weighted by atomic mass is 16.6. The Kier molecular flexibility index (Phi) is 0.974. The lowest BCUT2D eigenvalue weighted by Gasteiger charge is -2.15. The van der Waals surface area contributed by atoms with Crippen LogP contribution in [0.25, 0.3) is 0 Å². The van der Waals surface area contributed by atoms with Gasteiger partial charge in [0.1, 0.15) is 12.4 Å². The number of ether oxygens (including phenoxy) is 2. The van der Waals surface area contributed by atoms with Crippen molar-refractivity contribution in [3.05, 3.63) is 24.7 Å². The largest absolute Gasteiger partial charge is 0.480 e. The Balaban J connectivity index is 2.39. The van der Waals surface area contributed by atoms with E-state index >= 15 is 0 Å². The van der Waals surface area contributed by atoms with Crippen molar-refractivity contribution < 1.29 is 9.47 Å². The third-order valence-corrected chi connectivity index (χ3v) is 1.31. The molecule has 10 heavy (non-hydrogen) atoms. The fourth-order valence-corrected chi connectivity index (χ4v) is 0.871. The van der Waals surface area contributed by atoms with E-state index < -0.39 is 0 Å². The Labute approximate surface area is 58.3 Å². The van der Waals surface area contributed by atoms with Crippen molar-refractivity contribution in [1.82, 2.24) is 4.98 Å². The first-order valence-corrected chi connectivity index (χ1v) is 3.01. The zero-order valence-corrected chi connectivity index (χ0v) is 5.39. The van der Waals surface area contributed by atoms with Crippen LogP contribution in [0.1, 0.15) is 0 Å². The quantitative estimate of drug-likeness (QED) is 0.584. The summed E-state index contributed by atoms with van der Waals surface area (Å²) in [7, 11) is 0. The van der Waals surface area contributed by atoms with E-state index in [1.54, 1.807) is 12.4 Å². The lowest BCUT2D eigenvalue weighted by molar-refractivity contribution is 0.236. The molecule has 0 bridgehead atoms. The van der Waals surface area contributed by atoms with Gasteiger partial charge in [-0.3, -0.25) is 0 Å². The van der Waals surface area contributed by atoms with Gasteiger partial charge in [0.25, 0.3) is 0 Å². The minimum Gasteiger partial charge on any atom is -0.480 e. The lowest BCUT2D eigenvalue weighted by Crippen LogP contribution is -2.10. The van der Waals surface area contributed by atoms with Crippen molar-refractivity contribution in [1.29, 1.82) is 0 Å². The molecule has 0 radical (unpaired) electrons. The number of fused-ring (bicyclic) bond motifs is 1. The fraction of sp³-hybridized carbons (Fsp3) is 0.143. The monoisotopic (exact) mass is 137 g/mol. The van der Waals surface area contributed by atoms with E-state index in [4.69, 9.17) is 9.47 Å². The van der Waals surface area contributed by atoms with Crippen molar-refractivity contribution in [3.8, 4) is 11.5 Å². The Bertz CT molecular complexity index is 264. The summed E-state index contributed by atoms with van der Waals surface area (Å²) in [6, 6.07) is 0. The van der Waals surface area contributed by atoms with Crippen LogP contribution in [-0.2, 0) is 0 Å². The summed E-state index contributed by atoms with van der Waals surface area (Å²) in [5.74, 6) is 2.12. The van der Waals surface area contributed by atoms with E-state index in [9.17, 15) is 0 Å². The maximum absolute atomic E-state index is 5.22. The van der Waals surface area contributed by atoms with Gasteiger partial charge in [-0.15, -0.1) is 0 Å².